The van der Waals surface area contributed by atoms with Crippen LogP contribution in [0.25, 0.3) is 0 Å². The van der Waals surface area contributed by atoms with Crippen molar-refractivity contribution in [1.29, 1.82) is 5.26 Å². The lowest BCUT2D eigenvalue weighted by atomic mass is 10.2. The van der Waals surface area contributed by atoms with E-state index in [1.165, 1.54) is 25.3 Å². The molecule has 2 aromatic carbocycles. The van der Waals surface area contributed by atoms with Crippen LogP contribution < -0.4 is 14.8 Å². The molecule has 2 rings (SSSR count). The second-order valence-corrected chi connectivity index (χ2v) is 4.63. The van der Waals surface area contributed by atoms with Crippen LogP contribution in [0.1, 0.15) is 6.42 Å². The van der Waals surface area contributed by atoms with E-state index in [0.717, 1.165) is 0 Å². The van der Waals surface area contributed by atoms with E-state index in [1.54, 1.807) is 30.3 Å². The fourth-order valence-corrected chi connectivity index (χ4v) is 1.88. The van der Waals surface area contributed by atoms with E-state index in [1.807, 2.05) is 0 Å². The predicted octanol–water partition coefficient (Wildman–Crippen LogP) is 3.25. The number of nitrogens with zero attached hydrogens (tertiary/aromatic N) is 2. The molecule has 0 aromatic heterocycles. The molecule has 0 radical (unpaired) electrons. The van der Waals surface area contributed by atoms with Crippen LogP contribution in [0, 0.1) is 21.4 Å². The van der Waals surface area contributed by atoms with E-state index in [9.17, 15) is 14.9 Å². The molecule has 8 heteroatoms. The summed E-state index contributed by atoms with van der Waals surface area (Å²) in [6.45, 7) is 0. The van der Waals surface area contributed by atoms with Gasteiger partial charge in [0.25, 0.3) is 5.69 Å². The van der Waals surface area contributed by atoms with Crippen LogP contribution in [0.2, 0.25) is 0 Å². The molecule has 0 aliphatic carbocycles. The van der Waals surface area contributed by atoms with Gasteiger partial charge in [0.2, 0.25) is 5.91 Å². The largest absolute Gasteiger partial charge is 0.497 e. The average molecular weight is 327 g/mol. The molecule has 0 atom stereocenters. The minimum absolute atomic E-state index is 0.174. The number of nitrogens with one attached hydrogen (secondary N) is 1. The number of anilines is 1. The molecule has 0 spiro atoms. The van der Waals surface area contributed by atoms with E-state index in [-0.39, 0.29) is 23.5 Å². The lowest BCUT2D eigenvalue weighted by Gasteiger charge is -2.09. The van der Waals surface area contributed by atoms with E-state index >= 15 is 0 Å². The van der Waals surface area contributed by atoms with Gasteiger partial charge in [0, 0.05) is 12.1 Å². The second kappa shape index (κ2) is 7.60. The van der Waals surface area contributed by atoms with Crippen molar-refractivity contribution >= 4 is 17.3 Å². The van der Waals surface area contributed by atoms with Crippen molar-refractivity contribution in [3.63, 3.8) is 0 Å². The van der Waals surface area contributed by atoms with Gasteiger partial charge < -0.3 is 14.8 Å². The van der Waals surface area contributed by atoms with E-state index in [2.05, 4.69) is 5.32 Å². The summed E-state index contributed by atoms with van der Waals surface area (Å²) in [4.78, 5) is 21.9. The summed E-state index contributed by atoms with van der Waals surface area (Å²) in [6, 6.07) is 12.2. The Bertz CT molecular complexity index is 796. The van der Waals surface area contributed by atoms with Crippen molar-refractivity contribution in [2.24, 2.45) is 0 Å². The number of nitriles is 1. The van der Waals surface area contributed by atoms with Gasteiger partial charge in [0.1, 0.15) is 23.7 Å². The van der Waals surface area contributed by atoms with Crippen molar-refractivity contribution in [2.75, 3.05) is 12.4 Å². The zero-order valence-electron chi connectivity index (χ0n) is 12.7. The third-order valence-corrected chi connectivity index (χ3v) is 2.92. The smallest absolute Gasteiger partial charge is 0.275 e. The Balaban J connectivity index is 2.27. The Labute approximate surface area is 137 Å². The molecule has 0 bridgehead atoms. The molecule has 122 valence electrons. The molecule has 1 amide bonds. The summed E-state index contributed by atoms with van der Waals surface area (Å²) in [5.74, 6) is 0.714. The van der Waals surface area contributed by atoms with Gasteiger partial charge in [0.15, 0.2) is 0 Å². The first-order valence-electron chi connectivity index (χ1n) is 6.80. The van der Waals surface area contributed by atoms with Gasteiger partial charge in [0.05, 0.1) is 29.9 Å². The monoisotopic (exact) mass is 327 g/mol. The Hall–Kier alpha value is -3.60. The molecule has 2 aromatic rings. The highest BCUT2D eigenvalue weighted by Gasteiger charge is 2.13. The molecular weight excluding hydrogens is 314 g/mol. The minimum atomic E-state index is -0.596. The van der Waals surface area contributed by atoms with Gasteiger partial charge >= 0.3 is 0 Å². The number of benzene rings is 2. The number of non-ortho nitro benzene ring substituents is 1. The average Bonchev–Trinajstić information content (AvgIpc) is 2.55. The molecule has 0 saturated heterocycles. The standard InChI is InChI=1S/C16H13N3O5/c1-23-13-2-4-14(5-3-13)24-15-9-11(18-16(20)6-7-17)8-12(10-15)19(21)22/h2-5,8-10H,6H2,1H3,(H,18,20). The third-order valence-electron chi connectivity index (χ3n) is 2.92. The molecule has 0 heterocycles. The maximum atomic E-state index is 11.5. The predicted molar refractivity (Wildman–Crippen MR) is 85.0 cm³/mol. The molecule has 24 heavy (non-hydrogen) atoms. The van der Waals surface area contributed by atoms with E-state index in [0.29, 0.717) is 11.5 Å². The number of rotatable bonds is 6. The Kier molecular flexibility index (Phi) is 5.31. The van der Waals surface area contributed by atoms with Gasteiger partial charge in [-0.15, -0.1) is 0 Å². The highest BCUT2D eigenvalue weighted by atomic mass is 16.6. The SMILES string of the molecule is COc1ccc(Oc2cc(NC(=O)CC#N)cc([N+](=O)[O-])c2)cc1. The highest BCUT2D eigenvalue weighted by Crippen LogP contribution is 2.30. The Morgan fingerprint density at radius 2 is 1.88 bits per heavy atom. The number of methoxy groups -OCH3 is 1. The molecular formula is C16H13N3O5. The van der Waals surface area contributed by atoms with Crippen LogP contribution >= 0.6 is 0 Å². The molecule has 0 aliphatic rings. The normalized spacial score (nSPS) is 9.67. The summed E-state index contributed by atoms with van der Waals surface area (Å²) < 4.78 is 10.6. The molecule has 8 nitrogen and oxygen atoms in total. The summed E-state index contributed by atoms with van der Waals surface area (Å²) in [7, 11) is 1.53. The maximum absolute atomic E-state index is 11.5. The first kappa shape index (κ1) is 16.8. The van der Waals surface area contributed by atoms with Crippen molar-refractivity contribution in [3.8, 4) is 23.3 Å². The fraction of sp³-hybridized carbons (Fsp3) is 0.125. The summed E-state index contributed by atoms with van der Waals surface area (Å²) in [6.07, 6.45) is -0.350. The number of hydrogen-bond acceptors (Lipinski definition) is 6. The zero-order valence-corrected chi connectivity index (χ0v) is 12.7. The van der Waals surface area contributed by atoms with Gasteiger partial charge in [-0.05, 0) is 24.3 Å². The summed E-state index contributed by atoms with van der Waals surface area (Å²) >= 11 is 0. The molecule has 0 fully saturated rings. The van der Waals surface area contributed by atoms with Crippen LogP contribution in [-0.2, 0) is 4.79 Å². The van der Waals surface area contributed by atoms with Crippen LogP contribution in [0.5, 0.6) is 17.2 Å². The molecule has 0 aliphatic heterocycles. The third kappa shape index (κ3) is 4.45. The summed E-state index contributed by atoms with van der Waals surface area (Å²) in [5.41, 5.74) is -0.0683. The first-order chi connectivity index (χ1) is 11.5. The molecule has 0 unspecified atom stereocenters. The molecule has 1 N–H and O–H groups in total. The first-order valence-corrected chi connectivity index (χ1v) is 6.80. The van der Waals surface area contributed by atoms with Crippen molar-refractivity contribution in [2.45, 2.75) is 6.42 Å². The molecule has 0 saturated carbocycles. The quantitative estimate of drug-likeness (QED) is 0.643. The van der Waals surface area contributed by atoms with Gasteiger partial charge in [-0.25, -0.2) is 0 Å². The van der Waals surface area contributed by atoms with Crippen LogP contribution in [0.15, 0.2) is 42.5 Å². The van der Waals surface area contributed by atoms with Gasteiger partial charge in [-0.1, -0.05) is 0 Å². The highest BCUT2D eigenvalue weighted by molar-refractivity contribution is 5.92. The van der Waals surface area contributed by atoms with Crippen molar-refractivity contribution < 1.29 is 19.2 Å². The number of hydrogen-bond donors (Lipinski definition) is 1. The van der Waals surface area contributed by atoms with E-state index in [4.69, 9.17) is 14.7 Å². The Morgan fingerprint density at radius 1 is 1.21 bits per heavy atom. The van der Waals surface area contributed by atoms with Crippen molar-refractivity contribution in [1.82, 2.24) is 0 Å². The lowest BCUT2D eigenvalue weighted by Crippen LogP contribution is -2.10. The van der Waals surface area contributed by atoms with Crippen LogP contribution in [-0.4, -0.2) is 17.9 Å². The fourth-order valence-electron chi connectivity index (χ4n) is 1.88. The zero-order chi connectivity index (χ0) is 17.5. The maximum Gasteiger partial charge on any atom is 0.275 e. The van der Waals surface area contributed by atoms with Gasteiger partial charge in [-0.2, -0.15) is 5.26 Å². The summed E-state index contributed by atoms with van der Waals surface area (Å²) in [5, 5.41) is 21.9. The van der Waals surface area contributed by atoms with E-state index < -0.39 is 10.8 Å². The number of nitro benzene ring substituents is 1. The topological polar surface area (TPSA) is 114 Å². The van der Waals surface area contributed by atoms with Crippen LogP contribution in [0.3, 0.4) is 0 Å². The number of ether oxygens (including phenoxy) is 2. The Morgan fingerprint density at radius 3 is 2.46 bits per heavy atom. The number of carbonyl (C=O) groups is 1. The number of nitro groups is 1. The lowest BCUT2D eigenvalue weighted by molar-refractivity contribution is -0.384. The minimum Gasteiger partial charge on any atom is -0.497 e. The van der Waals surface area contributed by atoms with Gasteiger partial charge in [-0.3, -0.25) is 14.9 Å². The number of amides is 1. The number of carbonyl (C=O) groups excluding carboxylic acids is 1. The second-order valence-electron chi connectivity index (χ2n) is 4.63. The van der Waals surface area contributed by atoms with Crippen molar-refractivity contribution in [3.05, 3.63) is 52.6 Å². The van der Waals surface area contributed by atoms with Crippen LogP contribution in [0.4, 0.5) is 11.4 Å².